The van der Waals surface area contributed by atoms with Crippen LogP contribution in [0, 0.1) is 0 Å². The van der Waals surface area contributed by atoms with Crippen molar-refractivity contribution in [2.24, 2.45) is 0 Å². The van der Waals surface area contributed by atoms with Crippen LogP contribution in [-0.4, -0.2) is 54.5 Å². The van der Waals surface area contributed by atoms with E-state index in [9.17, 15) is 13.2 Å². The lowest BCUT2D eigenvalue weighted by Gasteiger charge is -2.18. The number of nitrogens with one attached hydrogen (secondary N) is 1. The van der Waals surface area contributed by atoms with Crippen LogP contribution in [0.25, 0.3) is 0 Å². The summed E-state index contributed by atoms with van der Waals surface area (Å²) in [5.41, 5.74) is 0.425. The van der Waals surface area contributed by atoms with Crippen LogP contribution in [0.15, 0.2) is 32.3 Å². The van der Waals surface area contributed by atoms with Crippen LogP contribution in [0.3, 0.4) is 0 Å². The van der Waals surface area contributed by atoms with E-state index in [-0.39, 0.29) is 15.9 Å². The van der Waals surface area contributed by atoms with Gasteiger partial charge in [0.05, 0.1) is 10.5 Å². The lowest BCUT2D eigenvalue weighted by molar-refractivity contribution is 0.0789. The van der Waals surface area contributed by atoms with Gasteiger partial charge in [-0.3, -0.25) is 9.52 Å². The number of amides is 1. The molecule has 3 rings (SSSR count). The van der Waals surface area contributed by atoms with Gasteiger partial charge < -0.3 is 4.90 Å². The van der Waals surface area contributed by atoms with Crippen LogP contribution in [0.2, 0.25) is 0 Å². The molecule has 0 saturated carbocycles. The molecule has 1 saturated heterocycles. The minimum atomic E-state index is -3.86. The summed E-state index contributed by atoms with van der Waals surface area (Å²) in [6.45, 7) is 3.49. The summed E-state index contributed by atoms with van der Waals surface area (Å²) < 4.78 is 28.8. The SMILES string of the molecule is CCCSc1nnc(NS(=O)(=O)c2ccc(SC)c(C(=O)N3CCCC3)c2)s1. The second-order valence-electron chi connectivity index (χ2n) is 6.19. The van der Waals surface area contributed by atoms with Gasteiger partial charge in [0.15, 0.2) is 4.34 Å². The monoisotopic (exact) mass is 458 g/mol. The molecule has 0 radical (unpaired) electrons. The molecule has 1 N–H and O–H groups in total. The number of aromatic nitrogens is 2. The molecule has 1 aliphatic rings. The van der Waals surface area contributed by atoms with Gasteiger partial charge in [0.1, 0.15) is 0 Å². The number of hydrogen-bond acceptors (Lipinski definition) is 8. The van der Waals surface area contributed by atoms with E-state index in [1.807, 2.05) is 6.26 Å². The van der Waals surface area contributed by atoms with Gasteiger partial charge in [-0.1, -0.05) is 30.0 Å². The molecule has 0 bridgehead atoms. The molecule has 1 aromatic heterocycles. The Balaban J connectivity index is 1.84. The third kappa shape index (κ3) is 5.00. The van der Waals surface area contributed by atoms with E-state index in [4.69, 9.17) is 0 Å². The zero-order chi connectivity index (χ0) is 20.1. The summed E-state index contributed by atoms with van der Waals surface area (Å²) in [6.07, 6.45) is 4.84. The molecule has 28 heavy (non-hydrogen) atoms. The van der Waals surface area contributed by atoms with Gasteiger partial charge in [0.25, 0.3) is 15.9 Å². The molecule has 2 aromatic rings. The molecule has 1 fully saturated rings. The number of thioether (sulfide) groups is 2. The molecular formula is C17H22N4O3S4. The second-order valence-corrected chi connectivity index (χ2v) is 11.0. The highest BCUT2D eigenvalue weighted by Gasteiger charge is 2.25. The zero-order valence-electron chi connectivity index (χ0n) is 15.7. The smallest absolute Gasteiger partial charge is 0.263 e. The maximum absolute atomic E-state index is 12.8. The molecule has 2 heterocycles. The lowest BCUT2D eigenvalue weighted by atomic mass is 10.2. The number of carbonyl (C=O) groups excluding carboxylic acids is 1. The fourth-order valence-electron chi connectivity index (χ4n) is 2.78. The highest BCUT2D eigenvalue weighted by atomic mass is 32.2. The summed E-state index contributed by atoms with van der Waals surface area (Å²) >= 11 is 4.18. The number of likely N-dealkylation sites (tertiary alicyclic amines) is 1. The molecule has 1 aliphatic heterocycles. The van der Waals surface area contributed by atoms with Crippen LogP contribution >= 0.6 is 34.9 Å². The quantitative estimate of drug-likeness (QED) is 0.602. The van der Waals surface area contributed by atoms with Gasteiger partial charge >= 0.3 is 0 Å². The van der Waals surface area contributed by atoms with E-state index in [1.54, 1.807) is 22.7 Å². The first-order valence-corrected chi connectivity index (χ1v) is 13.4. The van der Waals surface area contributed by atoms with E-state index in [0.717, 1.165) is 34.3 Å². The van der Waals surface area contributed by atoms with Crippen LogP contribution in [0.1, 0.15) is 36.5 Å². The Labute approximate surface area is 177 Å². The number of nitrogens with zero attached hydrogens (tertiary/aromatic N) is 3. The molecule has 11 heteroatoms. The van der Waals surface area contributed by atoms with Gasteiger partial charge in [0, 0.05) is 23.7 Å². The van der Waals surface area contributed by atoms with Gasteiger partial charge in [0.2, 0.25) is 5.13 Å². The normalized spacial score (nSPS) is 14.4. The first-order valence-electron chi connectivity index (χ1n) is 8.91. The Morgan fingerprint density at radius 3 is 2.71 bits per heavy atom. The minimum Gasteiger partial charge on any atom is -0.339 e. The van der Waals surface area contributed by atoms with Crippen LogP contribution in [0.5, 0.6) is 0 Å². The third-order valence-electron chi connectivity index (χ3n) is 4.16. The van der Waals surface area contributed by atoms with Crippen LogP contribution in [0.4, 0.5) is 5.13 Å². The second kappa shape index (κ2) is 9.47. The topological polar surface area (TPSA) is 92.3 Å². The van der Waals surface area contributed by atoms with Crippen molar-refractivity contribution in [1.29, 1.82) is 0 Å². The number of anilines is 1. The van der Waals surface area contributed by atoms with Crippen molar-refractivity contribution in [3.05, 3.63) is 23.8 Å². The maximum atomic E-state index is 12.8. The number of rotatable bonds is 8. The molecule has 0 spiro atoms. The third-order valence-corrected chi connectivity index (χ3v) is 8.60. The summed E-state index contributed by atoms with van der Waals surface area (Å²) in [4.78, 5) is 15.4. The van der Waals surface area contributed by atoms with Crippen molar-refractivity contribution in [1.82, 2.24) is 15.1 Å². The fourth-order valence-corrected chi connectivity index (χ4v) is 6.29. The minimum absolute atomic E-state index is 0.0470. The van der Waals surface area contributed by atoms with E-state index in [2.05, 4.69) is 21.8 Å². The molecule has 0 unspecified atom stereocenters. The van der Waals surface area contributed by atoms with Crippen molar-refractivity contribution in [2.45, 2.75) is 40.3 Å². The summed E-state index contributed by atoms with van der Waals surface area (Å²) in [6, 6.07) is 4.66. The van der Waals surface area contributed by atoms with Crippen molar-refractivity contribution < 1.29 is 13.2 Å². The zero-order valence-corrected chi connectivity index (χ0v) is 18.9. The average molecular weight is 459 g/mol. The molecule has 7 nitrogen and oxygen atoms in total. The Bertz CT molecular complexity index is 940. The first kappa shape index (κ1) is 21.4. The Morgan fingerprint density at radius 1 is 1.29 bits per heavy atom. The summed E-state index contributed by atoms with van der Waals surface area (Å²) in [7, 11) is -3.86. The Hall–Kier alpha value is -1.30. The Morgan fingerprint density at radius 2 is 2.04 bits per heavy atom. The molecular weight excluding hydrogens is 436 g/mol. The van der Waals surface area contributed by atoms with Crippen LogP contribution in [-0.2, 0) is 10.0 Å². The van der Waals surface area contributed by atoms with E-state index in [0.29, 0.717) is 18.7 Å². The standard InChI is InChI=1S/C17H22N4O3S4/c1-3-10-26-17-19-18-16(27-17)20-28(23,24)12-6-7-14(25-2)13(11-12)15(22)21-8-4-5-9-21/h6-7,11H,3-5,8-10H2,1-2H3,(H,18,20). The lowest BCUT2D eigenvalue weighted by Crippen LogP contribution is -2.28. The number of benzene rings is 1. The van der Waals surface area contributed by atoms with Gasteiger partial charge in [-0.05, 0) is 43.7 Å². The van der Waals surface area contributed by atoms with Crippen molar-refractivity contribution in [3.63, 3.8) is 0 Å². The summed E-state index contributed by atoms with van der Waals surface area (Å²) in [5, 5.41) is 8.13. The predicted molar refractivity (Wildman–Crippen MR) is 115 cm³/mol. The molecule has 152 valence electrons. The number of sulfonamides is 1. The van der Waals surface area contributed by atoms with Gasteiger partial charge in [-0.2, -0.15) is 0 Å². The van der Waals surface area contributed by atoms with Crippen molar-refractivity contribution >= 4 is 55.9 Å². The van der Waals surface area contributed by atoms with E-state index >= 15 is 0 Å². The molecule has 0 aliphatic carbocycles. The van der Waals surface area contributed by atoms with Gasteiger partial charge in [-0.25, -0.2) is 8.42 Å². The predicted octanol–water partition coefficient (Wildman–Crippen LogP) is 3.80. The average Bonchev–Trinajstić information content (AvgIpc) is 3.37. The van der Waals surface area contributed by atoms with Gasteiger partial charge in [-0.15, -0.1) is 22.0 Å². The van der Waals surface area contributed by atoms with E-state index < -0.39 is 10.0 Å². The van der Waals surface area contributed by atoms with E-state index in [1.165, 1.54) is 35.2 Å². The maximum Gasteiger partial charge on any atom is 0.263 e. The Kier molecular flexibility index (Phi) is 7.24. The molecule has 1 amide bonds. The van der Waals surface area contributed by atoms with Crippen molar-refractivity contribution in [2.75, 3.05) is 29.8 Å². The summed E-state index contributed by atoms with van der Waals surface area (Å²) in [5.74, 6) is 0.785. The highest BCUT2D eigenvalue weighted by Crippen LogP contribution is 2.29. The fraction of sp³-hybridized carbons (Fsp3) is 0.471. The number of carbonyl (C=O) groups is 1. The molecule has 0 atom stereocenters. The largest absolute Gasteiger partial charge is 0.339 e. The molecule has 1 aromatic carbocycles. The van der Waals surface area contributed by atoms with Crippen LogP contribution < -0.4 is 4.72 Å². The first-order chi connectivity index (χ1) is 13.4. The highest BCUT2D eigenvalue weighted by molar-refractivity contribution is 8.01. The van der Waals surface area contributed by atoms with Crippen molar-refractivity contribution in [3.8, 4) is 0 Å². The number of hydrogen-bond donors (Lipinski definition) is 1.